The smallest absolute Gasteiger partial charge is 0.372 e. The quantitative estimate of drug-likeness (QED) is 0.160. The minimum absolute atomic E-state index is 0.125. The highest BCUT2D eigenvalue weighted by atomic mass is 32.1. The zero-order valence-electron chi connectivity index (χ0n) is 26.1. The molecular weight excluding hydrogens is 705 g/mol. The van der Waals surface area contributed by atoms with E-state index >= 15 is 0 Å². The Hall–Kier alpha value is -5.03. The fourth-order valence-corrected chi connectivity index (χ4v) is 7.99. The van der Waals surface area contributed by atoms with E-state index in [0.717, 1.165) is 22.7 Å². The Morgan fingerprint density at radius 1 is 0.800 bits per heavy atom. The summed E-state index contributed by atoms with van der Waals surface area (Å²) in [6, 6.07) is 19.0. The second kappa shape index (κ2) is 12.4. The lowest BCUT2D eigenvalue weighted by Crippen LogP contribution is -2.39. The van der Waals surface area contributed by atoms with Crippen LogP contribution in [0.4, 0.5) is 37.2 Å². The van der Waals surface area contributed by atoms with Gasteiger partial charge in [-0.15, -0.1) is 0 Å². The molecule has 3 aromatic carbocycles. The number of rotatable bonds is 8. The number of halogens is 6. The Labute approximate surface area is 287 Å². The molecule has 0 spiro atoms. The zero-order chi connectivity index (χ0) is 35.5. The van der Waals surface area contributed by atoms with Crippen molar-refractivity contribution in [3.63, 3.8) is 0 Å². The summed E-state index contributed by atoms with van der Waals surface area (Å²) in [5, 5.41) is 5.84. The highest BCUT2D eigenvalue weighted by Gasteiger charge is 2.56. The number of amides is 1. The number of carbonyl (C=O) groups excluding carboxylic acids is 1. The van der Waals surface area contributed by atoms with Crippen LogP contribution in [0.15, 0.2) is 82.7 Å². The Morgan fingerprint density at radius 3 is 1.90 bits per heavy atom. The third-order valence-electron chi connectivity index (χ3n) is 8.44. The molecule has 0 bridgehead atoms. The summed E-state index contributed by atoms with van der Waals surface area (Å²) in [5.74, 6) is -5.74. The summed E-state index contributed by atoms with van der Waals surface area (Å²) in [7, 11) is 0. The largest absolute Gasteiger partial charge is 0.433 e. The number of aromatic nitrogens is 4. The molecule has 6 aromatic rings. The van der Waals surface area contributed by atoms with Gasteiger partial charge in [-0.1, -0.05) is 59.1 Å². The number of nitrogens with zero attached hydrogens (tertiary/aromatic N) is 6. The molecule has 0 radical (unpaired) electrons. The number of carbonyl (C=O) groups is 1. The summed E-state index contributed by atoms with van der Waals surface area (Å²) in [6.07, 6.45) is -10.5. The van der Waals surface area contributed by atoms with Gasteiger partial charge in [-0.3, -0.25) is 14.7 Å². The van der Waals surface area contributed by atoms with Crippen molar-refractivity contribution in [2.75, 3.05) is 23.0 Å². The van der Waals surface area contributed by atoms with E-state index in [0.29, 0.717) is 48.9 Å². The van der Waals surface area contributed by atoms with Gasteiger partial charge < -0.3 is 4.90 Å². The van der Waals surface area contributed by atoms with Crippen LogP contribution in [0.5, 0.6) is 0 Å². The van der Waals surface area contributed by atoms with Crippen LogP contribution < -0.4 is 15.5 Å². The molecule has 1 aliphatic heterocycles. The maximum atomic E-state index is 14.9. The number of hydrogen-bond acceptors (Lipinski definition) is 8. The first-order chi connectivity index (χ1) is 23.8. The van der Waals surface area contributed by atoms with Gasteiger partial charge >= 0.3 is 12.4 Å². The summed E-state index contributed by atoms with van der Waals surface area (Å²) in [5.41, 5.74) is -4.33. The SMILES string of the molecule is CCN(CC)c1ccc(C(c2c(C(F)(F)F)[nH]n(-c3nc4ccccc4s3)c2=O)C2C(=O)N(c3nc4ccccc4s3)N=C2C(F)(F)F)cc1. The van der Waals surface area contributed by atoms with E-state index < -0.39 is 52.6 Å². The first-order valence-corrected chi connectivity index (χ1v) is 16.9. The van der Waals surface area contributed by atoms with Crippen LogP contribution in [-0.2, 0) is 11.0 Å². The lowest BCUT2D eigenvalue weighted by atomic mass is 9.77. The van der Waals surface area contributed by atoms with E-state index in [4.69, 9.17) is 0 Å². The second-order valence-electron chi connectivity index (χ2n) is 11.3. The first kappa shape index (κ1) is 33.5. The molecule has 9 nitrogen and oxygen atoms in total. The average Bonchev–Trinajstić information content (AvgIpc) is 3.85. The molecule has 258 valence electrons. The Bertz CT molecular complexity index is 2250. The Morgan fingerprint density at radius 2 is 1.36 bits per heavy atom. The molecule has 1 aliphatic rings. The molecule has 3 aromatic heterocycles. The fourth-order valence-electron chi connectivity index (χ4n) is 6.14. The molecule has 0 fully saturated rings. The molecule has 2 atom stereocenters. The van der Waals surface area contributed by atoms with Crippen molar-refractivity contribution in [3.05, 3.63) is 100.0 Å². The van der Waals surface area contributed by atoms with Crippen LogP contribution in [0.25, 0.3) is 25.6 Å². The third kappa shape index (κ3) is 5.73. The molecule has 1 amide bonds. The monoisotopic (exact) mass is 729 g/mol. The van der Waals surface area contributed by atoms with Crippen molar-refractivity contribution < 1.29 is 31.1 Å². The van der Waals surface area contributed by atoms with Crippen LogP contribution >= 0.6 is 22.7 Å². The predicted octanol–water partition coefficient (Wildman–Crippen LogP) is 7.96. The van der Waals surface area contributed by atoms with Crippen molar-refractivity contribution >= 4 is 65.5 Å². The van der Waals surface area contributed by atoms with Crippen molar-refractivity contribution in [1.82, 2.24) is 19.7 Å². The third-order valence-corrected chi connectivity index (χ3v) is 10.5. The summed E-state index contributed by atoms with van der Waals surface area (Å²) in [4.78, 5) is 38.9. The second-order valence-corrected chi connectivity index (χ2v) is 13.3. The summed E-state index contributed by atoms with van der Waals surface area (Å²) < 4.78 is 91.1. The number of alkyl halides is 6. The number of hydrogen-bond donors (Lipinski definition) is 1. The van der Waals surface area contributed by atoms with Crippen LogP contribution in [-0.4, -0.2) is 50.6 Å². The molecule has 17 heteroatoms. The minimum atomic E-state index is -5.27. The Kier molecular flexibility index (Phi) is 8.29. The molecule has 0 saturated carbocycles. The van der Waals surface area contributed by atoms with Crippen molar-refractivity contribution in [2.24, 2.45) is 11.0 Å². The number of para-hydroxylation sites is 2. The van der Waals surface area contributed by atoms with E-state index in [9.17, 15) is 35.9 Å². The van der Waals surface area contributed by atoms with Gasteiger partial charge in [-0.2, -0.15) is 41.1 Å². The molecule has 2 unspecified atom stereocenters. The zero-order valence-corrected chi connectivity index (χ0v) is 27.7. The molecule has 0 aliphatic carbocycles. The van der Waals surface area contributed by atoms with E-state index in [1.54, 1.807) is 48.5 Å². The predicted molar refractivity (Wildman–Crippen MR) is 181 cm³/mol. The highest BCUT2D eigenvalue weighted by molar-refractivity contribution is 7.22. The molecule has 1 N–H and O–H groups in total. The lowest BCUT2D eigenvalue weighted by molar-refractivity contribution is -0.142. The van der Waals surface area contributed by atoms with Gasteiger partial charge in [0.2, 0.25) is 10.3 Å². The summed E-state index contributed by atoms with van der Waals surface area (Å²) in [6.45, 7) is 4.93. The van der Waals surface area contributed by atoms with Gasteiger partial charge in [0, 0.05) is 24.7 Å². The van der Waals surface area contributed by atoms with Gasteiger partial charge in [-0.05, 0) is 55.8 Å². The minimum Gasteiger partial charge on any atom is -0.372 e. The Balaban J connectivity index is 1.46. The lowest BCUT2D eigenvalue weighted by Gasteiger charge is -2.26. The number of benzene rings is 3. The molecule has 0 saturated heterocycles. The molecular formula is C33H25F6N7O2S2. The van der Waals surface area contributed by atoms with Gasteiger partial charge in [0.05, 0.1) is 26.0 Å². The van der Waals surface area contributed by atoms with Crippen LogP contribution in [0.3, 0.4) is 0 Å². The fraction of sp³-hybridized carbons (Fsp3) is 0.242. The highest BCUT2D eigenvalue weighted by Crippen LogP contribution is 2.46. The van der Waals surface area contributed by atoms with Crippen LogP contribution in [0.1, 0.15) is 36.6 Å². The van der Waals surface area contributed by atoms with Crippen LogP contribution in [0.2, 0.25) is 0 Å². The van der Waals surface area contributed by atoms with E-state index in [2.05, 4.69) is 20.2 Å². The standard InChI is InChI=1S/C33H25F6N7O2S2/c1-3-44(4-2)18-15-13-17(14-16-18)23(24-26(32(34,35)36)42-45(28(24)47)30-40-19-9-5-7-11-21(19)49-30)25-27(33(37,38)39)43-46(29(25)48)31-41-20-10-6-8-12-22(20)50-31/h5-16,23-24,43H,3-4H2,1-2H3. The van der Waals surface area contributed by atoms with E-state index in [-0.39, 0.29) is 15.8 Å². The maximum Gasteiger partial charge on any atom is 0.433 e. The molecule has 7 rings (SSSR count). The number of anilines is 2. The number of hydrazone groups is 1. The van der Waals surface area contributed by atoms with Crippen LogP contribution in [0, 0.1) is 5.92 Å². The number of thiazole rings is 2. The summed E-state index contributed by atoms with van der Waals surface area (Å²) >= 11 is 1.81. The molecule has 4 heterocycles. The van der Waals surface area contributed by atoms with E-state index in [1.165, 1.54) is 24.3 Å². The van der Waals surface area contributed by atoms with Crippen molar-refractivity contribution in [3.8, 4) is 5.13 Å². The number of fused-ring (bicyclic) bond motifs is 2. The number of H-pyrrole nitrogens is 1. The maximum absolute atomic E-state index is 14.9. The van der Waals surface area contributed by atoms with Gasteiger partial charge in [0.1, 0.15) is 11.6 Å². The van der Waals surface area contributed by atoms with Crippen molar-refractivity contribution in [2.45, 2.75) is 32.1 Å². The first-order valence-electron chi connectivity index (χ1n) is 15.3. The normalized spacial score (nSPS) is 16.1. The average molecular weight is 730 g/mol. The van der Waals surface area contributed by atoms with Gasteiger partial charge in [0.15, 0.2) is 5.71 Å². The van der Waals surface area contributed by atoms with Crippen molar-refractivity contribution in [1.29, 1.82) is 0 Å². The van der Waals surface area contributed by atoms with Gasteiger partial charge in [-0.25, -0.2) is 9.97 Å². The topological polar surface area (TPSA) is 99.5 Å². The number of aromatic amines is 1. The number of nitrogens with one attached hydrogen (secondary N) is 1. The van der Waals surface area contributed by atoms with Gasteiger partial charge in [0.25, 0.3) is 11.5 Å². The van der Waals surface area contributed by atoms with E-state index in [1.807, 2.05) is 18.7 Å². The molecule has 50 heavy (non-hydrogen) atoms.